The number of nitrogens with one attached hydrogen (secondary N) is 1. The first-order valence-corrected chi connectivity index (χ1v) is 4.43. The predicted octanol–water partition coefficient (Wildman–Crippen LogP) is 0.770. The quantitative estimate of drug-likeness (QED) is 0.786. The van der Waals surface area contributed by atoms with E-state index in [9.17, 15) is 4.79 Å². The summed E-state index contributed by atoms with van der Waals surface area (Å²) in [5.41, 5.74) is 5.41. The molecule has 0 bridgehead atoms. The summed E-state index contributed by atoms with van der Waals surface area (Å²) in [4.78, 5) is 20.7. The Balaban J connectivity index is 2.63. The van der Waals surface area contributed by atoms with Crippen LogP contribution < -0.4 is 11.4 Å². The monoisotopic (exact) mass is 256 g/mol. The summed E-state index contributed by atoms with van der Waals surface area (Å²) in [6.07, 6.45) is 1.47. The molecule has 0 aliphatic heterocycles. The first-order valence-electron chi connectivity index (χ1n) is 3.64. The molecular weight excluding hydrogens is 252 g/mol. The van der Waals surface area contributed by atoms with E-state index < -0.39 is 5.69 Å². The van der Waals surface area contributed by atoms with Crippen molar-refractivity contribution >= 4 is 21.9 Å². The highest BCUT2D eigenvalue weighted by Crippen LogP contribution is 2.25. The number of nitrogens with zero attached hydrogens (tertiary/aromatic N) is 2. The molecule has 0 unspecified atom stereocenters. The van der Waals surface area contributed by atoms with E-state index >= 15 is 0 Å². The maximum atomic E-state index is 11.0. The van der Waals surface area contributed by atoms with E-state index in [0.29, 0.717) is 16.1 Å². The molecule has 0 saturated carbocycles. The van der Waals surface area contributed by atoms with Crippen LogP contribution in [-0.2, 0) is 0 Å². The number of aromatic amines is 1. The number of hydrogen-bond donors (Lipinski definition) is 2. The van der Waals surface area contributed by atoms with Crippen LogP contribution in [0.4, 0.5) is 5.95 Å². The van der Waals surface area contributed by atoms with Crippen molar-refractivity contribution in [2.24, 2.45) is 0 Å². The maximum absolute atomic E-state index is 11.0. The van der Waals surface area contributed by atoms with E-state index in [4.69, 9.17) is 10.2 Å². The second kappa shape index (κ2) is 3.26. The molecule has 2 aromatic rings. The Morgan fingerprint density at radius 2 is 2.29 bits per heavy atom. The van der Waals surface area contributed by atoms with Crippen LogP contribution in [0.25, 0.3) is 11.4 Å². The molecular formula is C7H5BrN4O2. The second-order valence-corrected chi connectivity index (χ2v) is 3.19. The summed E-state index contributed by atoms with van der Waals surface area (Å²) in [6, 6.07) is 1.65. The van der Waals surface area contributed by atoms with E-state index in [0.717, 1.165) is 0 Å². The third-order valence-electron chi connectivity index (χ3n) is 1.54. The first kappa shape index (κ1) is 8.95. The van der Waals surface area contributed by atoms with Gasteiger partial charge in [-0.15, -0.1) is 0 Å². The topological polar surface area (TPSA) is 97.8 Å². The predicted molar refractivity (Wildman–Crippen MR) is 52.5 cm³/mol. The van der Waals surface area contributed by atoms with Gasteiger partial charge in [-0.3, -0.25) is 4.98 Å². The minimum absolute atomic E-state index is 0.0724. The zero-order valence-corrected chi connectivity index (χ0v) is 8.41. The Morgan fingerprint density at radius 1 is 1.50 bits per heavy atom. The van der Waals surface area contributed by atoms with Crippen LogP contribution in [0.15, 0.2) is 26.2 Å². The molecule has 0 atom stereocenters. The number of furan rings is 1. The molecule has 0 saturated heterocycles. The largest absolute Gasteiger partial charge is 0.457 e. The summed E-state index contributed by atoms with van der Waals surface area (Å²) < 4.78 is 5.47. The molecule has 7 heteroatoms. The van der Waals surface area contributed by atoms with Crippen LogP contribution in [0.3, 0.4) is 0 Å². The van der Waals surface area contributed by atoms with E-state index in [2.05, 4.69) is 30.9 Å². The minimum Gasteiger partial charge on any atom is -0.457 e. The standard InChI is InChI=1S/C7H5BrN4O2/c8-4-3(1-2-14-4)5-10-6(9)12-7(13)11-5/h1-2H,(H3,9,10,11,12,13). The molecule has 0 aliphatic carbocycles. The Hall–Kier alpha value is -1.63. The Bertz CT molecular complexity index is 518. The van der Waals surface area contributed by atoms with Crippen molar-refractivity contribution in [1.29, 1.82) is 0 Å². The SMILES string of the molecule is Nc1nc(-c2ccoc2Br)[nH]c(=O)n1. The van der Waals surface area contributed by atoms with Gasteiger partial charge in [0.1, 0.15) is 5.82 Å². The molecule has 0 amide bonds. The van der Waals surface area contributed by atoms with Gasteiger partial charge in [0.15, 0.2) is 4.67 Å². The Morgan fingerprint density at radius 3 is 2.86 bits per heavy atom. The number of aromatic nitrogens is 3. The fourth-order valence-corrected chi connectivity index (χ4v) is 1.42. The summed E-state index contributed by atoms with van der Waals surface area (Å²) >= 11 is 3.16. The van der Waals surface area contributed by atoms with Gasteiger partial charge in [0.05, 0.1) is 11.8 Å². The lowest BCUT2D eigenvalue weighted by Gasteiger charge is -1.97. The van der Waals surface area contributed by atoms with Gasteiger partial charge in [-0.1, -0.05) is 0 Å². The number of hydrogen-bond acceptors (Lipinski definition) is 5. The molecule has 0 radical (unpaired) electrons. The van der Waals surface area contributed by atoms with Gasteiger partial charge in [-0.2, -0.15) is 9.97 Å². The third kappa shape index (κ3) is 1.53. The van der Waals surface area contributed by atoms with Crippen LogP contribution in [-0.4, -0.2) is 15.0 Å². The zero-order chi connectivity index (χ0) is 10.1. The smallest absolute Gasteiger partial charge is 0.349 e. The van der Waals surface area contributed by atoms with Gasteiger partial charge in [-0.05, 0) is 22.0 Å². The van der Waals surface area contributed by atoms with Crippen molar-refractivity contribution in [2.45, 2.75) is 0 Å². The molecule has 72 valence electrons. The van der Waals surface area contributed by atoms with Crippen molar-refractivity contribution in [2.75, 3.05) is 5.73 Å². The Labute approximate surface area is 86.3 Å². The lowest BCUT2D eigenvalue weighted by Crippen LogP contribution is -2.15. The molecule has 0 aliphatic rings. The molecule has 2 rings (SSSR count). The van der Waals surface area contributed by atoms with Crippen molar-refractivity contribution in [3.63, 3.8) is 0 Å². The lowest BCUT2D eigenvalue weighted by molar-refractivity contribution is 0.542. The van der Waals surface area contributed by atoms with Crippen LogP contribution in [0.1, 0.15) is 0 Å². The van der Waals surface area contributed by atoms with E-state index in [1.165, 1.54) is 6.26 Å². The molecule has 0 fully saturated rings. The van der Waals surface area contributed by atoms with Crippen LogP contribution in [0, 0.1) is 0 Å². The molecule has 3 N–H and O–H groups in total. The van der Waals surface area contributed by atoms with Gasteiger partial charge in [0.2, 0.25) is 5.95 Å². The average Bonchev–Trinajstić information content (AvgIpc) is 2.49. The number of nitrogens with two attached hydrogens (primary N) is 1. The normalized spacial score (nSPS) is 10.4. The van der Waals surface area contributed by atoms with Crippen molar-refractivity contribution in [1.82, 2.24) is 15.0 Å². The van der Waals surface area contributed by atoms with Gasteiger partial charge in [0.25, 0.3) is 0 Å². The molecule has 14 heavy (non-hydrogen) atoms. The van der Waals surface area contributed by atoms with Gasteiger partial charge >= 0.3 is 5.69 Å². The summed E-state index contributed by atoms with van der Waals surface area (Å²) in [5, 5.41) is 0. The van der Waals surface area contributed by atoms with E-state index in [1.807, 2.05) is 0 Å². The summed E-state index contributed by atoms with van der Waals surface area (Å²) in [5.74, 6) is 0.250. The fourth-order valence-electron chi connectivity index (χ4n) is 0.991. The summed E-state index contributed by atoms with van der Waals surface area (Å²) in [7, 11) is 0. The van der Waals surface area contributed by atoms with Crippen LogP contribution >= 0.6 is 15.9 Å². The molecule has 2 aromatic heterocycles. The number of H-pyrrole nitrogens is 1. The Kier molecular flexibility index (Phi) is 2.08. The van der Waals surface area contributed by atoms with Crippen molar-refractivity contribution < 1.29 is 4.42 Å². The van der Waals surface area contributed by atoms with E-state index in [-0.39, 0.29) is 5.95 Å². The van der Waals surface area contributed by atoms with Crippen molar-refractivity contribution in [3.05, 3.63) is 27.5 Å². The zero-order valence-electron chi connectivity index (χ0n) is 6.82. The van der Waals surface area contributed by atoms with E-state index in [1.54, 1.807) is 6.07 Å². The second-order valence-electron chi connectivity index (χ2n) is 2.47. The van der Waals surface area contributed by atoms with Crippen molar-refractivity contribution in [3.8, 4) is 11.4 Å². The number of halogens is 1. The molecule has 6 nitrogen and oxygen atoms in total. The third-order valence-corrected chi connectivity index (χ3v) is 2.15. The van der Waals surface area contributed by atoms with Crippen LogP contribution in [0.2, 0.25) is 0 Å². The van der Waals surface area contributed by atoms with Gasteiger partial charge in [0, 0.05) is 0 Å². The molecule has 0 spiro atoms. The fraction of sp³-hybridized carbons (Fsp3) is 0. The average molecular weight is 257 g/mol. The molecule has 2 heterocycles. The lowest BCUT2D eigenvalue weighted by atomic mass is 10.3. The molecule has 0 aromatic carbocycles. The summed E-state index contributed by atoms with van der Waals surface area (Å²) in [6.45, 7) is 0. The van der Waals surface area contributed by atoms with Gasteiger partial charge in [-0.25, -0.2) is 4.79 Å². The van der Waals surface area contributed by atoms with Crippen LogP contribution in [0.5, 0.6) is 0 Å². The highest BCUT2D eigenvalue weighted by atomic mass is 79.9. The number of nitrogen functional groups attached to an aromatic ring is 1. The number of rotatable bonds is 1. The minimum atomic E-state index is -0.541. The highest BCUT2D eigenvalue weighted by Gasteiger charge is 2.09. The first-order chi connectivity index (χ1) is 6.66. The number of anilines is 1. The van der Waals surface area contributed by atoms with Gasteiger partial charge < -0.3 is 10.2 Å². The maximum Gasteiger partial charge on any atom is 0.349 e. The highest BCUT2D eigenvalue weighted by molar-refractivity contribution is 9.10.